The molecule has 1 aliphatic rings. The van der Waals surface area contributed by atoms with Gasteiger partial charge in [-0.15, -0.1) is 0 Å². The molecule has 29 heavy (non-hydrogen) atoms. The van der Waals surface area contributed by atoms with E-state index in [4.69, 9.17) is 26.8 Å². The first-order valence-electron chi connectivity index (χ1n) is 8.06. The van der Waals surface area contributed by atoms with E-state index in [1.807, 2.05) is 0 Å². The summed E-state index contributed by atoms with van der Waals surface area (Å²) in [6.45, 7) is 0. The number of phenols is 2. The van der Waals surface area contributed by atoms with Crippen molar-refractivity contribution < 1.29 is 34.4 Å². The van der Waals surface area contributed by atoms with E-state index in [0.717, 1.165) is 11.8 Å². The molecule has 2 aromatic rings. The van der Waals surface area contributed by atoms with E-state index < -0.39 is 17.6 Å². The van der Waals surface area contributed by atoms with Crippen molar-refractivity contribution in [3.8, 4) is 23.0 Å². The molecule has 0 unspecified atom stereocenters. The molecule has 0 saturated carbocycles. The summed E-state index contributed by atoms with van der Waals surface area (Å²) in [4.78, 5) is 25.4. The van der Waals surface area contributed by atoms with Crippen LogP contribution in [-0.4, -0.2) is 45.7 Å². The number of amides is 1. The van der Waals surface area contributed by atoms with E-state index in [1.54, 1.807) is 6.08 Å². The zero-order chi connectivity index (χ0) is 21.3. The molecule has 3 rings (SSSR count). The second kappa shape index (κ2) is 8.02. The third-order valence-corrected chi connectivity index (χ3v) is 5.37. The summed E-state index contributed by atoms with van der Waals surface area (Å²) in [6.07, 6.45) is 1.56. The Labute approximate surface area is 175 Å². The number of carbonyl (C=O) groups is 2. The standard InChI is InChI=1S/C19H15NO7S2/c1-26-13-5-9(6-14(27-2)16(13)22)7-15-17(23)20(19(28)29-15)10-3-4-11(18(24)25)12(21)8-10/h3-8,21-22H,1-2H3,(H,24,25)/b15-7-. The van der Waals surface area contributed by atoms with Gasteiger partial charge in [-0.3, -0.25) is 9.69 Å². The van der Waals surface area contributed by atoms with Crippen LogP contribution < -0.4 is 14.4 Å². The lowest BCUT2D eigenvalue weighted by molar-refractivity contribution is -0.113. The SMILES string of the molecule is COc1cc(/C=C2\SC(=S)N(c3ccc(C(=O)O)c(O)c3)C2=O)cc(OC)c1O. The molecule has 8 nitrogen and oxygen atoms in total. The highest BCUT2D eigenvalue weighted by Crippen LogP contribution is 2.41. The van der Waals surface area contributed by atoms with Crippen molar-refractivity contribution >= 4 is 51.9 Å². The van der Waals surface area contributed by atoms with Crippen LogP contribution in [-0.2, 0) is 4.79 Å². The molecule has 3 N–H and O–H groups in total. The molecule has 0 bridgehead atoms. The number of hydrogen-bond acceptors (Lipinski definition) is 8. The number of carboxylic acid groups (broad SMARTS) is 1. The number of anilines is 1. The van der Waals surface area contributed by atoms with Crippen LogP contribution in [0.3, 0.4) is 0 Å². The van der Waals surface area contributed by atoms with Gasteiger partial charge in [0, 0.05) is 6.07 Å². The van der Waals surface area contributed by atoms with Crippen LogP contribution in [0.5, 0.6) is 23.0 Å². The molecule has 0 atom stereocenters. The molecule has 1 aliphatic heterocycles. The number of thioether (sulfide) groups is 1. The second-order valence-corrected chi connectivity index (χ2v) is 7.47. The first kappa shape index (κ1) is 20.5. The second-order valence-electron chi connectivity index (χ2n) is 5.80. The fourth-order valence-corrected chi connectivity index (χ4v) is 3.98. The fourth-order valence-electron chi connectivity index (χ4n) is 2.68. The van der Waals surface area contributed by atoms with Crippen molar-refractivity contribution in [3.05, 3.63) is 46.4 Å². The predicted octanol–water partition coefficient (Wildman–Crippen LogP) is 3.22. The van der Waals surface area contributed by atoms with Gasteiger partial charge in [-0.2, -0.15) is 0 Å². The lowest BCUT2D eigenvalue weighted by atomic mass is 10.1. The molecule has 2 aromatic carbocycles. The maximum Gasteiger partial charge on any atom is 0.339 e. The average molecular weight is 433 g/mol. The summed E-state index contributed by atoms with van der Waals surface area (Å²) in [5, 5.41) is 28.9. The number of phenolic OH excluding ortho intramolecular Hbond substituents is 1. The lowest BCUT2D eigenvalue weighted by Gasteiger charge is -2.15. The third-order valence-electron chi connectivity index (χ3n) is 4.06. The average Bonchev–Trinajstić information content (AvgIpc) is 2.95. The molecule has 1 amide bonds. The molecule has 150 valence electrons. The molecule has 0 radical (unpaired) electrons. The Kier molecular flexibility index (Phi) is 5.66. The van der Waals surface area contributed by atoms with Crippen molar-refractivity contribution in [2.45, 2.75) is 0 Å². The molecular formula is C19H15NO7S2. The third kappa shape index (κ3) is 3.84. The Morgan fingerprint density at radius 1 is 1.14 bits per heavy atom. The number of rotatable bonds is 5. The van der Waals surface area contributed by atoms with Crippen molar-refractivity contribution in [1.82, 2.24) is 0 Å². The van der Waals surface area contributed by atoms with Gasteiger partial charge in [0.2, 0.25) is 5.75 Å². The van der Waals surface area contributed by atoms with Gasteiger partial charge >= 0.3 is 5.97 Å². The number of ether oxygens (including phenoxy) is 2. The summed E-state index contributed by atoms with van der Waals surface area (Å²) in [5.74, 6) is -1.99. The zero-order valence-electron chi connectivity index (χ0n) is 15.2. The van der Waals surface area contributed by atoms with Crippen LogP contribution >= 0.6 is 24.0 Å². The van der Waals surface area contributed by atoms with Crippen LogP contribution in [0.15, 0.2) is 35.2 Å². The molecule has 1 saturated heterocycles. The number of aromatic hydroxyl groups is 2. The monoisotopic (exact) mass is 433 g/mol. The fraction of sp³-hybridized carbons (Fsp3) is 0.105. The van der Waals surface area contributed by atoms with Gasteiger partial charge in [-0.05, 0) is 35.9 Å². The van der Waals surface area contributed by atoms with Gasteiger partial charge in [0.25, 0.3) is 5.91 Å². The van der Waals surface area contributed by atoms with E-state index in [1.165, 1.54) is 49.5 Å². The summed E-state index contributed by atoms with van der Waals surface area (Å²) in [7, 11) is 2.79. The normalized spacial score (nSPS) is 15.1. The summed E-state index contributed by atoms with van der Waals surface area (Å²) < 4.78 is 10.4. The van der Waals surface area contributed by atoms with Gasteiger partial charge in [0.15, 0.2) is 15.8 Å². The number of benzene rings is 2. The van der Waals surface area contributed by atoms with Gasteiger partial charge < -0.3 is 24.8 Å². The van der Waals surface area contributed by atoms with E-state index in [2.05, 4.69) is 0 Å². The largest absolute Gasteiger partial charge is 0.507 e. The van der Waals surface area contributed by atoms with Gasteiger partial charge in [0.1, 0.15) is 11.3 Å². The van der Waals surface area contributed by atoms with Crippen molar-refractivity contribution in [2.24, 2.45) is 0 Å². The van der Waals surface area contributed by atoms with Crippen LogP contribution in [0.1, 0.15) is 15.9 Å². The van der Waals surface area contributed by atoms with Crippen LogP contribution in [0, 0.1) is 0 Å². The Bertz CT molecular complexity index is 1040. The van der Waals surface area contributed by atoms with Gasteiger partial charge in [-0.1, -0.05) is 24.0 Å². The maximum atomic E-state index is 12.9. The first-order chi connectivity index (χ1) is 13.8. The number of methoxy groups -OCH3 is 2. The topological polar surface area (TPSA) is 117 Å². The van der Waals surface area contributed by atoms with Crippen LogP contribution in [0.25, 0.3) is 6.08 Å². The predicted molar refractivity (Wildman–Crippen MR) is 112 cm³/mol. The number of carboxylic acids is 1. The molecular weight excluding hydrogens is 418 g/mol. The number of nitrogens with zero attached hydrogens (tertiary/aromatic N) is 1. The minimum Gasteiger partial charge on any atom is -0.507 e. The van der Waals surface area contributed by atoms with Crippen LogP contribution in [0.4, 0.5) is 5.69 Å². The smallest absolute Gasteiger partial charge is 0.339 e. The minimum atomic E-state index is -1.28. The Hall–Kier alpha value is -3.24. The summed E-state index contributed by atoms with van der Waals surface area (Å²) in [5.41, 5.74) is 0.512. The lowest BCUT2D eigenvalue weighted by Crippen LogP contribution is -2.27. The molecule has 1 fully saturated rings. The van der Waals surface area contributed by atoms with Crippen molar-refractivity contribution in [2.75, 3.05) is 19.1 Å². The molecule has 0 aliphatic carbocycles. The highest BCUT2D eigenvalue weighted by Gasteiger charge is 2.34. The molecule has 0 spiro atoms. The Morgan fingerprint density at radius 2 is 1.76 bits per heavy atom. The van der Waals surface area contributed by atoms with E-state index in [0.29, 0.717) is 10.5 Å². The highest BCUT2D eigenvalue weighted by atomic mass is 32.2. The van der Waals surface area contributed by atoms with Crippen molar-refractivity contribution in [1.29, 1.82) is 0 Å². The number of hydrogen-bond donors (Lipinski definition) is 3. The number of aromatic carboxylic acids is 1. The van der Waals surface area contributed by atoms with Gasteiger partial charge in [0.05, 0.1) is 24.8 Å². The quantitative estimate of drug-likeness (QED) is 0.483. The van der Waals surface area contributed by atoms with Gasteiger partial charge in [-0.25, -0.2) is 4.79 Å². The van der Waals surface area contributed by atoms with Crippen LogP contribution in [0.2, 0.25) is 0 Å². The highest BCUT2D eigenvalue weighted by molar-refractivity contribution is 8.27. The van der Waals surface area contributed by atoms with E-state index in [9.17, 15) is 19.8 Å². The number of carbonyl (C=O) groups excluding carboxylic acids is 1. The molecule has 1 heterocycles. The van der Waals surface area contributed by atoms with E-state index >= 15 is 0 Å². The number of thiocarbonyl (C=S) groups is 1. The molecule has 0 aromatic heterocycles. The maximum absolute atomic E-state index is 12.9. The summed E-state index contributed by atoms with van der Waals surface area (Å²) >= 11 is 6.32. The Balaban J connectivity index is 1.97. The first-order valence-corrected chi connectivity index (χ1v) is 9.28. The van der Waals surface area contributed by atoms with E-state index in [-0.39, 0.29) is 32.8 Å². The molecule has 10 heteroatoms. The summed E-state index contributed by atoms with van der Waals surface area (Å²) in [6, 6.07) is 6.84. The van der Waals surface area contributed by atoms with Crippen molar-refractivity contribution in [3.63, 3.8) is 0 Å². The Morgan fingerprint density at radius 3 is 2.28 bits per heavy atom. The minimum absolute atomic E-state index is 0.159. The zero-order valence-corrected chi connectivity index (χ0v) is 16.8.